The predicted octanol–water partition coefficient (Wildman–Crippen LogP) is 3.54. The quantitative estimate of drug-likeness (QED) is 0.847. The third-order valence-electron chi connectivity index (χ3n) is 4.52. The summed E-state index contributed by atoms with van der Waals surface area (Å²) in [5, 5.41) is 2.82. The molecule has 0 bridgehead atoms. The molecule has 1 saturated heterocycles. The lowest BCUT2D eigenvalue weighted by molar-refractivity contribution is -0.119. The van der Waals surface area contributed by atoms with Gasteiger partial charge in [-0.2, -0.15) is 0 Å². The van der Waals surface area contributed by atoms with Crippen LogP contribution in [0.5, 0.6) is 11.5 Å². The van der Waals surface area contributed by atoms with Gasteiger partial charge in [0.05, 0.1) is 7.11 Å². The lowest BCUT2D eigenvalue weighted by Crippen LogP contribution is -2.35. The molecule has 3 rings (SSSR count). The van der Waals surface area contributed by atoms with Crippen LogP contribution in [-0.2, 0) is 9.59 Å². The minimum absolute atomic E-state index is 0.119. The maximum atomic E-state index is 12.2. The van der Waals surface area contributed by atoms with Crippen molar-refractivity contribution in [1.29, 1.82) is 0 Å². The molecule has 142 valence electrons. The van der Waals surface area contributed by atoms with Crippen LogP contribution in [0, 0.1) is 6.92 Å². The van der Waals surface area contributed by atoms with Gasteiger partial charge in [0.2, 0.25) is 5.91 Å². The van der Waals surface area contributed by atoms with Gasteiger partial charge in [-0.25, -0.2) is 0 Å². The van der Waals surface area contributed by atoms with Crippen molar-refractivity contribution in [1.82, 2.24) is 0 Å². The Morgan fingerprint density at radius 2 is 1.93 bits per heavy atom. The van der Waals surface area contributed by atoms with Crippen molar-refractivity contribution in [3.05, 3.63) is 48.0 Å². The second kappa shape index (κ2) is 8.58. The molecule has 1 N–H and O–H groups in total. The van der Waals surface area contributed by atoms with E-state index in [9.17, 15) is 9.59 Å². The van der Waals surface area contributed by atoms with E-state index in [1.807, 2.05) is 42.2 Å². The highest BCUT2D eigenvalue weighted by Gasteiger charge is 2.21. The molecule has 0 aromatic heterocycles. The summed E-state index contributed by atoms with van der Waals surface area (Å²) in [5.74, 6) is 0.996. The molecule has 0 spiro atoms. The molecule has 6 heteroatoms. The molecule has 6 nitrogen and oxygen atoms in total. The molecule has 0 saturated carbocycles. The summed E-state index contributed by atoms with van der Waals surface area (Å²) in [7, 11) is 1.56. The van der Waals surface area contributed by atoms with Crippen LogP contribution in [-0.4, -0.2) is 32.1 Å². The third-order valence-corrected chi connectivity index (χ3v) is 4.52. The number of hydrogen-bond donors (Lipinski definition) is 1. The summed E-state index contributed by atoms with van der Waals surface area (Å²) in [6.45, 7) is 2.57. The second-order valence-corrected chi connectivity index (χ2v) is 6.49. The van der Waals surface area contributed by atoms with Gasteiger partial charge in [0, 0.05) is 24.3 Å². The Morgan fingerprint density at radius 3 is 2.63 bits per heavy atom. The Kier molecular flexibility index (Phi) is 5.96. The fourth-order valence-electron chi connectivity index (χ4n) is 3.18. The van der Waals surface area contributed by atoms with Crippen LogP contribution >= 0.6 is 0 Å². The van der Waals surface area contributed by atoms with Crippen LogP contribution in [0.25, 0.3) is 0 Å². The van der Waals surface area contributed by atoms with Crippen molar-refractivity contribution in [2.24, 2.45) is 0 Å². The normalized spacial score (nSPS) is 14.0. The molecule has 0 unspecified atom stereocenters. The standard InChI is InChI=1S/C21H24N2O4/c1-15-13-16(10-11-17(15)23-12-6-5-9-21(23)25)22-20(24)14-27-19-8-4-3-7-18(19)26-2/h3-4,7-8,10-11,13H,5-6,9,12,14H2,1-2H3,(H,22,24). The van der Waals surface area contributed by atoms with Crippen LogP contribution in [0.4, 0.5) is 11.4 Å². The highest BCUT2D eigenvalue weighted by atomic mass is 16.5. The number of benzene rings is 2. The van der Waals surface area contributed by atoms with E-state index in [4.69, 9.17) is 9.47 Å². The maximum absolute atomic E-state index is 12.2. The number of carbonyl (C=O) groups excluding carboxylic acids is 2. The number of rotatable bonds is 6. The van der Waals surface area contributed by atoms with Crippen LogP contribution in [0.1, 0.15) is 24.8 Å². The van der Waals surface area contributed by atoms with Crippen LogP contribution in [0.15, 0.2) is 42.5 Å². The number of ether oxygens (including phenoxy) is 2. The van der Waals surface area contributed by atoms with Gasteiger partial charge in [-0.1, -0.05) is 12.1 Å². The van der Waals surface area contributed by atoms with Gasteiger partial charge in [-0.3, -0.25) is 9.59 Å². The minimum atomic E-state index is -0.262. The summed E-state index contributed by atoms with van der Waals surface area (Å²) in [6.07, 6.45) is 2.57. The second-order valence-electron chi connectivity index (χ2n) is 6.49. The lowest BCUT2D eigenvalue weighted by Gasteiger charge is -2.28. The molecule has 0 aliphatic carbocycles. The first-order valence-electron chi connectivity index (χ1n) is 9.05. The number of nitrogens with one attached hydrogen (secondary N) is 1. The van der Waals surface area contributed by atoms with Crippen LogP contribution in [0.3, 0.4) is 0 Å². The van der Waals surface area contributed by atoms with Crippen molar-refractivity contribution < 1.29 is 19.1 Å². The van der Waals surface area contributed by atoms with Gasteiger partial charge in [-0.05, 0) is 55.7 Å². The zero-order valence-electron chi connectivity index (χ0n) is 15.7. The van der Waals surface area contributed by atoms with Gasteiger partial charge in [0.1, 0.15) is 0 Å². The molecule has 0 atom stereocenters. The number of amides is 2. The highest BCUT2D eigenvalue weighted by Crippen LogP contribution is 2.28. The molecule has 1 aliphatic heterocycles. The number of methoxy groups -OCH3 is 1. The summed E-state index contributed by atoms with van der Waals surface area (Å²) >= 11 is 0. The van der Waals surface area contributed by atoms with E-state index >= 15 is 0 Å². The van der Waals surface area contributed by atoms with Crippen molar-refractivity contribution in [3.63, 3.8) is 0 Å². The molecule has 1 fully saturated rings. The smallest absolute Gasteiger partial charge is 0.262 e. The topological polar surface area (TPSA) is 67.9 Å². The molecule has 1 heterocycles. The van der Waals surface area contributed by atoms with Crippen molar-refractivity contribution in [2.45, 2.75) is 26.2 Å². The molecular weight excluding hydrogens is 344 g/mol. The Morgan fingerprint density at radius 1 is 1.15 bits per heavy atom. The number of aryl methyl sites for hydroxylation is 1. The molecule has 2 aromatic carbocycles. The Hall–Kier alpha value is -3.02. The summed E-state index contributed by atoms with van der Waals surface area (Å²) in [4.78, 5) is 26.1. The van der Waals surface area contributed by atoms with Crippen LogP contribution in [0.2, 0.25) is 0 Å². The Balaban J connectivity index is 1.61. The molecule has 2 amide bonds. The number of piperidine rings is 1. The minimum Gasteiger partial charge on any atom is -0.493 e. The van der Waals surface area contributed by atoms with Gasteiger partial charge >= 0.3 is 0 Å². The first-order chi connectivity index (χ1) is 13.1. The SMILES string of the molecule is COc1ccccc1OCC(=O)Nc1ccc(N2CCCCC2=O)c(C)c1. The van der Waals surface area contributed by atoms with Crippen LogP contribution < -0.4 is 19.7 Å². The fourth-order valence-corrected chi connectivity index (χ4v) is 3.18. The average molecular weight is 368 g/mol. The van der Waals surface area contributed by atoms with Crippen molar-refractivity contribution in [2.75, 3.05) is 30.5 Å². The van der Waals surface area contributed by atoms with E-state index < -0.39 is 0 Å². The van der Waals surface area contributed by atoms with Crippen molar-refractivity contribution in [3.8, 4) is 11.5 Å². The highest BCUT2D eigenvalue weighted by molar-refractivity contribution is 5.96. The number of para-hydroxylation sites is 2. The summed E-state index contributed by atoms with van der Waals surface area (Å²) in [6, 6.07) is 12.7. The fraction of sp³-hybridized carbons (Fsp3) is 0.333. The lowest BCUT2D eigenvalue weighted by atomic mass is 10.1. The number of carbonyl (C=O) groups is 2. The Bertz CT molecular complexity index is 835. The first kappa shape index (κ1) is 18.8. The molecule has 0 radical (unpaired) electrons. The molecule has 2 aromatic rings. The average Bonchev–Trinajstić information content (AvgIpc) is 2.67. The predicted molar refractivity (Wildman–Crippen MR) is 105 cm³/mol. The van der Waals surface area contributed by atoms with Gasteiger partial charge in [0.15, 0.2) is 18.1 Å². The molecular formula is C21H24N2O4. The summed E-state index contributed by atoms with van der Waals surface area (Å²) < 4.78 is 10.7. The third kappa shape index (κ3) is 4.58. The van der Waals surface area contributed by atoms with Crippen molar-refractivity contribution >= 4 is 23.2 Å². The van der Waals surface area contributed by atoms with E-state index in [0.29, 0.717) is 23.6 Å². The number of anilines is 2. The largest absolute Gasteiger partial charge is 0.493 e. The van der Waals surface area contributed by atoms with Gasteiger partial charge in [-0.15, -0.1) is 0 Å². The maximum Gasteiger partial charge on any atom is 0.262 e. The number of nitrogens with zero attached hydrogens (tertiary/aromatic N) is 1. The monoisotopic (exact) mass is 368 g/mol. The van der Waals surface area contributed by atoms with Gasteiger partial charge < -0.3 is 19.7 Å². The zero-order chi connectivity index (χ0) is 19.2. The zero-order valence-corrected chi connectivity index (χ0v) is 15.7. The molecule has 1 aliphatic rings. The summed E-state index contributed by atoms with van der Waals surface area (Å²) in [5.41, 5.74) is 2.53. The van der Waals surface area contributed by atoms with E-state index in [-0.39, 0.29) is 18.4 Å². The first-order valence-corrected chi connectivity index (χ1v) is 9.05. The van der Waals surface area contributed by atoms with Gasteiger partial charge in [0.25, 0.3) is 5.91 Å². The van der Waals surface area contributed by atoms with E-state index in [2.05, 4.69) is 5.32 Å². The van der Waals surface area contributed by atoms with E-state index in [1.54, 1.807) is 19.2 Å². The van der Waals surface area contributed by atoms with E-state index in [1.165, 1.54) is 0 Å². The number of hydrogen-bond acceptors (Lipinski definition) is 4. The Labute approximate surface area is 159 Å². The molecule has 27 heavy (non-hydrogen) atoms. The van der Waals surface area contributed by atoms with E-state index in [0.717, 1.165) is 30.6 Å².